The molecule has 27 heavy (non-hydrogen) atoms. The average molecular weight is 400 g/mol. The van der Waals surface area contributed by atoms with Crippen LogP contribution >= 0.6 is 12.6 Å². The molecule has 0 aliphatic carbocycles. The standard InChI is InChI=1S/C19H27F2N3O2S/c1-18(2,3)19(25,12-24-17(27)22-13-23-24)9-5-4-6-10-26-16-8-7-14(20)11-15(16)21/h7-8,11,13,25H,4-6,9-10,12H2,1-3H3,(H,22,23,27). The van der Waals surface area contributed by atoms with Crippen molar-refractivity contribution in [1.82, 2.24) is 14.8 Å². The van der Waals surface area contributed by atoms with Gasteiger partial charge in [0.1, 0.15) is 12.1 Å². The summed E-state index contributed by atoms with van der Waals surface area (Å²) in [6, 6.07) is 3.26. The van der Waals surface area contributed by atoms with Crippen LogP contribution in [0.2, 0.25) is 0 Å². The summed E-state index contributed by atoms with van der Waals surface area (Å²) in [7, 11) is 0. The summed E-state index contributed by atoms with van der Waals surface area (Å²) in [5, 5.41) is 15.8. The number of aromatic nitrogens is 3. The van der Waals surface area contributed by atoms with Crippen molar-refractivity contribution < 1.29 is 18.6 Å². The van der Waals surface area contributed by atoms with Gasteiger partial charge in [0.2, 0.25) is 0 Å². The van der Waals surface area contributed by atoms with E-state index < -0.39 is 17.2 Å². The minimum Gasteiger partial charge on any atom is -0.491 e. The third-order valence-corrected chi connectivity index (χ3v) is 5.14. The van der Waals surface area contributed by atoms with E-state index in [0.717, 1.165) is 18.9 Å². The summed E-state index contributed by atoms with van der Waals surface area (Å²) in [4.78, 5) is 3.98. The molecule has 2 rings (SSSR count). The fourth-order valence-corrected chi connectivity index (χ4v) is 2.95. The largest absolute Gasteiger partial charge is 0.491 e. The predicted molar refractivity (Wildman–Crippen MR) is 102 cm³/mol. The molecule has 0 aliphatic rings. The summed E-state index contributed by atoms with van der Waals surface area (Å²) in [6.45, 7) is 6.61. The minimum atomic E-state index is -0.970. The first-order valence-electron chi connectivity index (χ1n) is 8.99. The van der Waals surface area contributed by atoms with Crippen LogP contribution in [0.5, 0.6) is 5.75 Å². The van der Waals surface area contributed by atoms with Crippen molar-refractivity contribution in [3.05, 3.63) is 36.2 Å². The normalized spacial score (nSPS) is 14.2. The molecule has 1 aromatic carbocycles. The van der Waals surface area contributed by atoms with Gasteiger partial charge in [-0.15, -0.1) is 12.6 Å². The number of hydrogen-bond donors (Lipinski definition) is 2. The van der Waals surface area contributed by atoms with Crippen molar-refractivity contribution in [2.75, 3.05) is 6.61 Å². The molecule has 0 bridgehead atoms. The van der Waals surface area contributed by atoms with Gasteiger partial charge in [-0.05, 0) is 36.8 Å². The molecule has 1 atom stereocenters. The summed E-state index contributed by atoms with van der Waals surface area (Å²) in [5.41, 5.74) is -1.32. The van der Waals surface area contributed by atoms with Crippen LogP contribution in [0, 0.1) is 17.0 Å². The Kier molecular flexibility index (Phi) is 7.22. The highest BCUT2D eigenvalue weighted by Gasteiger charge is 2.40. The van der Waals surface area contributed by atoms with Gasteiger partial charge in [0.15, 0.2) is 16.7 Å². The molecule has 0 spiro atoms. The third kappa shape index (κ3) is 5.90. The molecule has 0 radical (unpaired) electrons. The summed E-state index contributed by atoms with van der Waals surface area (Å²) < 4.78 is 33.3. The maximum absolute atomic E-state index is 13.5. The second-order valence-corrected chi connectivity index (χ2v) is 8.13. The van der Waals surface area contributed by atoms with Gasteiger partial charge in [-0.25, -0.2) is 18.4 Å². The lowest BCUT2D eigenvalue weighted by Crippen LogP contribution is -2.46. The minimum absolute atomic E-state index is 0.0510. The number of hydrogen-bond acceptors (Lipinski definition) is 5. The fourth-order valence-electron chi connectivity index (χ4n) is 2.78. The number of unbranched alkanes of at least 4 members (excludes halogenated alkanes) is 2. The SMILES string of the molecule is CC(C)(C)C(O)(CCCCCOc1ccc(F)cc1F)Cn1ncnc1S. The Morgan fingerprint density at radius 3 is 2.52 bits per heavy atom. The molecule has 0 saturated carbocycles. The van der Waals surface area contributed by atoms with E-state index in [2.05, 4.69) is 22.7 Å². The van der Waals surface area contributed by atoms with Gasteiger partial charge in [0.25, 0.3) is 0 Å². The lowest BCUT2D eigenvalue weighted by Gasteiger charge is -2.40. The summed E-state index contributed by atoms with van der Waals surface area (Å²) in [5.74, 6) is -1.28. The second-order valence-electron chi connectivity index (χ2n) is 7.73. The van der Waals surface area contributed by atoms with Gasteiger partial charge in [0.05, 0.1) is 18.8 Å². The molecule has 0 saturated heterocycles. The Balaban J connectivity index is 1.81. The molecular formula is C19H27F2N3O2S. The highest BCUT2D eigenvalue weighted by Crippen LogP contribution is 2.36. The number of benzene rings is 1. The van der Waals surface area contributed by atoms with Gasteiger partial charge in [-0.2, -0.15) is 5.10 Å². The predicted octanol–water partition coefficient (Wildman–Crippen LogP) is 4.26. The molecule has 0 amide bonds. The van der Waals surface area contributed by atoms with E-state index in [1.165, 1.54) is 18.5 Å². The van der Waals surface area contributed by atoms with Crippen molar-refractivity contribution in [2.45, 2.75) is 63.8 Å². The topological polar surface area (TPSA) is 60.2 Å². The Morgan fingerprint density at radius 2 is 1.93 bits per heavy atom. The lowest BCUT2D eigenvalue weighted by molar-refractivity contribution is -0.0831. The first kappa shape index (κ1) is 21.6. The highest BCUT2D eigenvalue weighted by atomic mass is 32.1. The van der Waals surface area contributed by atoms with E-state index in [1.807, 2.05) is 20.8 Å². The molecule has 150 valence electrons. The molecule has 5 nitrogen and oxygen atoms in total. The van der Waals surface area contributed by atoms with E-state index in [9.17, 15) is 13.9 Å². The van der Waals surface area contributed by atoms with Gasteiger partial charge in [-0.3, -0.25) is 0 Å². The first-order valence-corrected chi connectivity index (χ1v) is 9.44. The Labute approximate surface area is 164 Å². The lowest BCUT2D eigenvalue weighted by atomic mass is 9.73. The molecule has 0 fully saturated rings. The Morgan fingerprint density at radius 1 is 1.19 bits per heavy atom. The second kappa shape index (κ2) is 9.01. The van der Waals surface area contributed by atoms with E-state index in [1.54, 1.807) is 4.68 Å². The van der Waals surface area contributed by atoms with E-state index >= 15 is 0 Å². The van der Waals surface area contributed by atoms with Gasteiger partial charge < -0.3 is 9.84 Å². The number of ether oxygens (including phenoxy) is 1. The van der Waals surface area contributed by atoms with E-state index in [4.69, 9.17) is 4.74 Å². The number of nitrogens with zero attached hydrogens (tertiary/aromatic N) is 3. The van der Waals surface area contributed by atoms with Crippen LogP contribution in [0.25, 0.3) is 0 Å². The third-order valence-electron chi connectivity index (χ3n) is 4.79. The number of thiol groups is 1. The molecule has 1 heterocycles. The van der Waals surface area contributed by atoms with Crippen LogP contribution in [0.15, 0.2) is 29.7 Å². The number of aliphatic hydroxyl groups is 1. The zero-order valence-corrected chi connectivity index (χ0v) is 16.8. The van der Waals surface area contributed by atoms with Crippen molar-refractivity contribution in [3.63, 3.8) is 0 Å². The average Bonchev–Trinajstić information content (AvgIpc) is 2.96. The van der Waals surface area contributed by atoms with E-state index in [-0.39, 0.29) is 11.2 Å². The van der Waals surface area contributed by atoms with Crippen molar-refractivity contribution >= 4 is 12.6 Å². The van der Waals surface area contributed by atoms with Crippen LogP contribution in [-0.2, 0) is 6.54 Å². The zero-order chi connectivity index (χ0) is 20.1. The Hall–Kier alpha value is -1.67. The van der Waals surface area contributed by atoms with Gasteiger partial charge in [0, 0.05) is 6.07 Å². The van der Waals surface area contributed by atoms with Crippen LogP contribution < -0.4 is 4.74 Å². The maximum atomic E-state index is 13.5. The quantitative estimate of drug-likeness (QED) is 0.489. The molecule has 1 unspecified atom stereocenters. The zero-order valence-electron chi connectivity index (χ0n) is 16.0. The smallest absolute Gasteiger partial charge is 0.183 e. The maximum Gasteiger partial charge on any atom is 0.183 e. The first-order chi connectivity index (χ1) is 12.6. The fraction of sp³-hybridized carbons (Fsp3) is 0.579. The summed E-state index contributed by atoms with van der Waals surface area (Å²) >= 11 is 4.25. The van der Waals surface area contributed by atoms with E-state index in [0.29, 0.717) is 31.1 Å². The van der Waals surface area contributed by atoms with Crippen LogP contribution in [0.4, 0.5) is 8.78 Å². The van der Waals surface area contributed by atoms with Crippen LogP contribution in [0.3, 0.4) is 0 Å². The van der Waals surface area contributed by atoms with Gasteiger partial charge >= 0.3 is 0 Å². The highest BCUT2D eigenvalue weighted by molar-refractivity contribution is 7.80. The van der Waals surface area contributed by atoms with Crippen LogP contribution in [-0.4, -0.2) is 32.1 Å². The molecule has 1 aromatic heterocycles. The molecule has 2 aromatic rings. The molecule has 1 N–H and O–H groups in total. The number of halogens is 2. The summed E-state index contributed by atoms with van der Waals surface area (Å²) in [6.07, 6.45) is 4.29. The number of rotatable bonds is 9. The van der Waals surface area contributed by atoms with Crippen molar-refractivity contribution in [3.8, 4) is 5.75 Å². The molecular weight excluding hydrogens is 372 g/mol. The molecule has 0 aliphatic heterocycles. The van der Waals surface area contributed by atoms with Crippen LogP contribution in [0.1, 0.15) is 46.5 Å². The monoisotopic (exact) mass is 399 g/mol. The van der Waals surface area contributed by atoms with Gasteiger partial charge in [-0.1, -0.05) is 27.2 Å². The van der Waals surface area contributed by atoms with Crippen molar-refractivity contribution in [1.29, 1.82) is 0 Å². The van der Waals surface area contributed by atoms with Crippen molar-refractivity contribution in [2.24, 2.45) is 5.41 Å². The molecule has 8 heteroatoms. The Bertz CT molecular complexity index is 749.